The van der Waals surface area contributed by atoms with E-state index >= 15 is 0 Å². The second-order valence-corrected chi connectivity index (χ2v) is 8.10. The summed E-state index contributed by atoms with van der Waals surface area (Å²) < 4.78 is 5.84. The van der Waals surface area contributed by atoms with Gasteiger partial charge in [-0.3, -0.25) is 0 Å². The number of benzene rings is 2. The number of nitrogens with one attached hydrogen (secondary N) is 1. The number of aromatic amines is 1. The summed E-state index contributed by atoms with van der Waals surface area (Å²) in [5, 5.41) is 11.6. The average Bonchev–Trinajstić information content (AvgIpc) is 3.14. The lowest BCUT2D eigenvalue weighted by atomic mass is 9.95. The minimum atomic E-state index is -0.922. The van der Waals surface area contributed by atoms with Crippen LogP contribution in [0.25, 0.3) is 33.1 Å². The summed E-state index contributed by atoms with van der Waals surface area (Å²) in [6.45, 7) is 7.09. The van der Waals surface area contributed by atoms with Crippen molar-refractivity contribution >= 4 is 27.8 Å². The summed E-state index contributed by atoms with van der Waals surface area (Å²) in [5.41, 5.74) is 12.6. The van der Waals surface area contributed by atoms with Crippen molar-refractivity contribution in [2.24, 2.45) is 5.73 Å². The van der Waals surface area contributed by atoms with E-state index in [1.165, 1.54) is 0 Å². The lowest BCUT2D eigenvalue weighted by Crippen LogP contribution is -2.02. The largest absolute Gasteiger partial charge is 0.492 e. The molecule has 32 heavy (non-hydrogen) atoms. The normalized spacial score (nSPS) is 11.4. The van der Waals surface area contributed by atoms with E-state index in [0.717, 1.165) is 74.9 Å². The molecule has 0 amide bonds. The number of carbonyl (C=O) groups is 1. The Labute approximate surface area is 187 Å². The van der Waals surface area contributed by atoms with Crippen LogP contribution in [0.5, 0.6) is 5.75 Å². The predicted molar refractivity (Wildman–Crippen MR) is 129 cm³/mol. The molecule has 6 heteroatoms. The Morgan fingerprint density at radius 2 is 1.94 bits per heavy atom. The Kier molecular flexibility index (Phi) is 6.15. The van der Waals surface area contributed by atoms with Gasteiger partial charge in [0, 0.05) is 27.5 Å². The highest BCUT2D eigenvalue weighted by Crippen LogP contribution is 2.40. The topological polar surface area (TPSA) is 101 Å². The Morgan fingerprint density at radius 1 is 1.12 bits per heavy atom. The number of hydrogen-bond acceptors (Lipinski definition) is 4. The van der Waals surface area contributed by atoms with Crippen molar-refractivity contribution in [3.8, 4) is 17.0 Å². The van der Waals surface area contributed by atoms with Gasteiger partial charge < -0.3 is 20.6 Å². The zero-order valence-corrected chi connectivity index (χ0v) is 18.8. The number of unbranched alkanes of at least 4 members (excludes halogenated alkanes) is 1. The van der Waals surface area contributed by atoms with Crippen LogP contribution in [0, 0.1) is 13.8 Å². The minimum absolute atomic E-state index is 0.319. The van der Waals surface area contributed by atoms with E-state index in [0.29, 0.717) is 18.7 Å². The van der Waals surface area contributed by atoms with Gasteiger partial charge in [-0.1, -0.05) is 12.1 Å². The van der Waals surface area contributed by atoms with Crippen LogP contribution >= 0.6 is 0 Å². The Bertz CT molecular complexity index is 1310. The van der Waals surface area contributed by atoms with Crippen molar-refractivity contribution in [1.82, 2.24) is 9.97 Å². The fraction of sp³-hybridized carbons (Fsp3) is 0.308. The third-order valence-electron chi connectivity index (χ3n) is 5.91. The first-order valence-electron chi connectivity index (χ1n) is 11.1. The highest BCUT2D eigenvalue weighted by molar-refractivity contribution is 6.09. The van der Waals surface area contributed by atoms with Gasteiger partial charge in [-0.2, -0.15) is 0 Å². The first-order valence-corrected chi connectivity index (χ1v) is 11.1. The first-order chi connectivity index (χ1) is 15.5. The molecule has 0 aliphatic rings. The van der Waals surface area contributed by atoms with Gasteiger partial charge in [0.2, 0.25) is 0 Å². The lowest BCUT2D eigenvalue weighted by molar-refractivity contribution is 0.0699. The van der Waals surface area contributed by atoms with Gasteiger partial charge in [0.25, 0.3) is 0 Å². The quantitative estimate of drug-likeness (QED) is 0.325. The molecular weight excluding hydrogens is 402 g/mol. The Balaban J connectivity index is 2.04. The summed E-state index contributed by atoms with van der Waals surface area (Å²) >= 11 is 0. The van der Waals surface area contributed by atoms with Gasteiger partial charge in [0.15, 0.2) is 0 Å². The van der Waals surface area contributed by atoms with Gasteiger partial charge in [0.1, 0.15) is 11.3 Å². The molecule has 0 saturated heterocycles. The summed E-state index contributed by atoms with van der Waals surface area (Å²) in [6, 6.07) is 11.6. The van der Waals surface area contributed by atoms with Crippen molar-refractivity contribution in [2.45, 2.75) is 40.0 Å². The van der Waals surface area contributed by atoms with E-state index < -0.39 is 5.97 Å². The molecule has 0 fully saturated rings. The molecule has 6 nitrogen and oxygen atoms in total. The Morgan fingerprint density at radius 3 is 2.66 bits per heavy atom. The van der Waals surface area contributed by atoms with Gasteiger partial charge in [-0.15, -0.1) is 0 Å². The number of H-pyrrole nitrogens is 1. The van der Waals surface area contributed by atoms with E-state index in [-0.39, 0.29) is 0 Å². The second kappa shape index (κ2) is 9.01. The predicted octanol–water partition coefficient (Wildman–Crippen LogP) is 5.38. The number of aromatic nitrogens is 2. The van der Waals surface area contributed by atoms with Crippen LogP contribution in [0.1, 0.15) is 46.9 Å². The molecule has 166 valence electrons. The fourth-order valence-corrected chi connectivity index (χ4v) is 4.39. The molecule has 4 rings (SSSR count). The van der Waals surface area contributed by atoms with E-state index in [1.54, 1.807) is 6.07 Å². The number of ether oxygens (including phenoxy) is 1. The van der Waals surface area contributed by atoms with Crippen LogP contribution in [0.15, 0.2) is 36.4 Å². The number of carboxylic acid groups (broad SMARTS) is 1. The number of aromatic carboxylic acids is 1. The molecule has 4 N–H and O–H groups in total. The Hall–Kier alpha value is -3.38. The molecule has 2 heterocycles. The summed E-state index contributed by atoms with van der Waals surface area (Å²) in [7, 11) is 0. The van der Waals surface area contributed by atoms with E-state index in [1.807, 2.05) is 45.0 Å². The van der Waals surface area contributed by atoms with E-state index in [4.69, 9.17) is 15.5 Å². The molecule has 0 spiro atoms. The molecule has 0 aliphatic heterocycles. The highest BCUT2D eigenvalue weighted by atomic mass is 16.5. The smallest absolute Gasteiger partial charge is 0.336 e. The minimum Gasteiger partial charge on any atom is -0.492 e. The third-order valence-corrected chi connectivity index (χ3v) is 5.91. The number of carboxylic acids is 1. The van der Waals surface area contributed by atoms with Crippen molar-refractivity contribution in [3.05, 3.63) is 58.8 Å². The number of nitrogens with zero attached hydrogens (tertiary/aromatic N) is 1. The van der Waals surface area contributed by atoms with Crippen LogP contribution in [-0.2, 0) is 6.42 Å². The highest BCUT2D eigenvalue weighted by Gasteiger charge is 2.22. The van der Waals surface area contributed by atoms with Crippen molar-refractivity contribution in [1.29, 1.82) is 0 Å². The average molecular weight is 432 g/mol. The molecule has 4 aromatic rings. The van der Waals surface area contributed by atoms with Gasteiger partial charge >= 0.3 is 5.97 Å². The second-order valence-electron chi connectivity index (χ2n) is 8.10. The van der Waals surface area contributed by atoms with Gasteiger partial charge in [0.05, 0.1) is 17.9 Å². The summed E-state index contributed by atoms with van der Waals surface area (Å²) in [5.74, 6) is -0.174. The molecular formula is C26H29N3O3. The number of aryl methyl sites for hydroxylation is 3. The number of hydrogen-bond donors (Lipinski definition) is 3. The number of fused-ring (bicyclic) bond motifs is 2. The van der Waals surface area contributed by atoms with E-state index in [2.05, 4.69) is 11.1 Å². The molecule has 2 aromatic heterocycles. The molecule has 0 aliphatic carbocycles. The van der Waals surface area contributed by atoms with Gasteiger partial charge in [-0.25, -0.2) is 9.78 Å². The summed E-state index contributed by atoms with van der Waals surface area (Å²) in [6.07, 6.45) is 2.51. The maximum absolute atomic E-state index is 12.1. The van der Waals surface area contributed by atoms with Crippen LogP contribution in [0.4, 0.5) is 0 Å². The van der Waals surface area contributed by atoms with Crippen molar-refractivity contribution in [2.75, 3.05) is 13.2 Å². The van der Waals surface area contributed by atoms with Crippen LogP contribution < -0.4 is 10.5 Å². The SMILES string of the molecule is CCOc1ccc(-c2[nH]c3c(C)ccc(C(=O)O)c3c2CCCCN)c2ccc(C)nc12. The monoisotopic (exact) mass is 431 g/mol. The maximum atomic E-state index is 12.1. The molecule has 2 aromatic carbocycles. The van der Waals surface area contributed by atoms with Gasteiger partial charge in [-0.05, 0) is 82.0 Å². The fourth-order valence-electron chi connectivity index (χ4n) is 4.39. The molecule has 0 radical (unpaired) electrons. The molecule has 0 saturated carbocycles. The number of pyridine rings is 1. The molecule has 0 bridgehead atoms. The zero-order valence-electron chi connectivity index (χ0n) is 18.8. The van der Waals surface area contributed by atoms with Crippen LogP contribution in [0.2, 0.25) is 0 Å². The first kappa shape index (κ1) is 21.8. The number of rotatable bonds is 8. The molecule has 0 atom stereocenters. The lowest BCUT2D eigenvalue weighted by Gasteiger charge is -2.13. The molecule has 0 unspecified atom stereocenters. The third kappa shape index (κ3) is 3.82. The van der Waals surface area contributed by atoms with E-state index in [9.17, 15) is 9.90 Å². The van der Waals surface area contributed by atoms with Crippen LogP contribution in [-0.4, -0.2) is 34.2 Å². The number of nitrogens with two attached hydrogens (primary N) is 1. The van der Waals surface area contributed by atoms with Crippen LogP contribution in [0.3, 0.4) is 0 Å². The van der Waals surface area contributed by atoms with Crippen molar-refractivity contribution < 1.29 is 14.6 Å². The maximum Gasteiger partial charge on any atom is 0.336 e. The zero-order chi connectivity index (χ0) is 22.8. The standard InChI is InChI=1S/C26H29N3O3/c1-4-32-21-13-12-17(18-11-9-16(3)28-25(18)21)24-19(7-5-6-14-27)22-20(26(30)31)10-8-15(2)23(22)29-24/h8-13,29H,4-7,14,27H2,1-3H3,(H,30,31). The van der Waals surface area contributed by atoms with Crippen molar-refractivity contribution in [3.63, 3.8) is 0 Å². The summed E-state index contributed by atoms with van der Waals surface area (Å²) in [4.78, 5) is 20.4.